The van der Waals surface area contributed by atoms with Crippen LogP contribution < -0.4 is 11.2 Å². The number of rotatable bonds is 9. The smallest absolute Gasteiger partial charge is 0.333 e. The molecule has 264 valence electrons. The monoisotopic (exact) mass is 764 g/mol. The van der Waals surface area contributed by atoms with Gasteiger partial charge in [0.15, 0.2) is 8.32 Å². The fourth-order valence-electron chi connectivity index (χ4n) is 5.94. The van der Waals surface area contributed by atoms with Crippen LogP contribution >= 0.6 is 27.3 Å². The molecule has 0 radical (unpaired) electrons. The van der Waals surface area contributed by atoms with Gasteiger partial charge in [0.1, 0.15) is 40.4 Å². The highest BCUT2D eigenvalue weighted by molar-refractivity contribution is 9.11. The van der Waals surface area contributed by atoms with Crippen LogP contribution in [-0.4, -0.2) is 66.7 Å². The number of carbonyl (C=O) groups excluding carboxylic acids is 1. The third kappa shape index (κ3) is 7.06. The Labute approximate surface area is 295 Å². The first-order valence-electron chi connectivity index (χ1n) is 16.4. The SMILES string of the molecule is Cc1c(Br)sc2c1c(=O)n(C(C)(C)C(=O)OC(C)(C)C)c(=O)n2CC(O[C@H]1COC2C1OC[C@@H]2O[Si](C)(C)C(C)(C)C)c1ccccc1. The highest BCUT2D eigenvalue weighted by Crippen LogP contribution is 2.41. The molecule has 0 spiro atoms. The van der Waals surface area contributed by atoms with Gasteiger partial charge >= 0.3 is 11.7 Å². The molecule has 5 rings (SSSR count). The molecule has 2 fully saturated rings. The third-order valence-electron chi connectivity index (χ3n) is 9.69. The normalized spacial score (nSPS) is 22.7. The molecule has 2 aliphatic rings. The summed E-state index contributed by atoms with van der Waals surface area (Å²) in [4.78, 5) is 42.5. The van der Waals surface area contributed by atoms with Crippen LogP contribution in [0.25, 0.3) is 10.2 Å². The number of nitrogens with zero attached hydrogens (tertiary/aromatic N) is 2. The van der Waals surface area contributed by atoms with Gasteiger partial charge in [-0.1, -0.05) is 51.1 Å². The molecular formula is C35H49BrN2O8SSi. The summed E-state index contributed by atoms with van der Waals surface area (Å²) in [7, 11) is -2.07. The third-order valence-corrected chi connectivity index (χ3v) is 16.4. The zero-order chi connectivity index (χ0) is 35.6. The summed E-state index contributed by atoms with van der Waals surface area (Å²) in [5.41, 5.74) is -2.03. The minimum atomic E-state index is -2.07. The molecule has 1 aromatic carbocycles. The van der Waals surface area contributed by atoms with Crippen molar-refractivity contribution in [3.63, 3.8) is 0 Å². The summed E-state index contributed by atoms with van der Waals surface area (Å²) >= 11 is 4.89. The van der Waals surface area contributed by atoms with E-state index < -0.39 is 48.9 Å². The summed E-state index contributed by atoms with van der Waals surface area (Å²) in [6, 6.07) is 9.67. The average molecular weight is 766 g/mol. The van der Waals surface area contributed by atoms with Crippen molar-refractivity contribution in [2.45, 2.75) is 129 Å². The van der Waals surface area contributed by atoms with Crippen molar-refractivity contribution in [3.8, 4) is 0 Å². The van der Waals surface area contributed by atoms with Gasteiger partial charge in [0.05, 0.1) is 35.0 Å². The van der Waals surface area contributed by atoms with E-state index in [-0.39, 0.29) is 29.9 Å². The number of aromatic nitrogens is 2. The number of ether oxygens (including phenoxy) is 4. The standard InChI is InChI=1S/C35H49BrN2O8SSi/c1-20-25-29(39)38(35(8,9)31(40)45-33(2,3)4)32(41)37(30(25)47-28(20)36)17-22(21-15-13-12-14-16-21)44-23-18-42-27-24(19-43-26(23)27)46-48(10,11)34(5,6)7/h12-16,22-24,26-27H,17-19H2,1-11H3/t22?,23-,24-,26?,27?/m0/s1. The Kier molecular flexibility index (Phi) is 10.2. The number of hydrogen-bond donors (Lipinski definition) is 0. The van der Waals surface area contributed by atoms with Crippen LogP contribution in [-0.2, 0) is 40.3 Å². The quantitative estimate of drug-likeness (QED) is 0.175. The summed E-state index contributed by atoms with van der Waals surface area (Å²) in [5, 5.41) is 0.407. The Bertz CT molecular complexity index is 1790. The molecule has 2 aliphatic heterocycles. The lowest BCUT2D eigenvalue weighted by Gasteiger charge is -2.39. The molecule has 10 nitrogen and oxygen atoms in total. The molecule has 5 atom stereocenters. The minimum Gasteiger partial charge on any atom is -0.458 e. The van der Waals surface area contributed by atoms with E-state index in [0.29, 0.717) is 29.0 Å². The molecule has 0 N–H and O–H groups in total. The van der Waals surface area contributed by atoms with Crippen molar-refractivity contribution in [1.82, 2.24) is 9.13 Å². The van der Waals surface area contributed by atoms with Crippen molar-refractivity contribution >= 4 is 51.8 Å². The number of halogens is 1. The van der Waals surface area contributed by atoms with Gasteiger partial charge in [-0.05, 0) is 86.7 Å². The van der Waals surface area contributed by atoms with Crippen LogP contribution in [0.1, 0.15) is 72.6 Å². The average Bonchev–Trinajstić information content (AvgIpc) is 3.64. The van der Waals surface area contributed by atoms with Crippen LogP contribution in [0, 0.1) is 6.92 Å². The van der Waals surface area contributed by atoms with Crippen LogP contribution in [0.4, 0.5) is 0 Å². The van der Waals surface area contributed by atoms with E-state index >= 15 is 0 Å². The topological polar surface area (TPSA) is 107 Å². The lowest BCUT2D eigenvalue weighted by Crippen LogP contribution is -2.54. The second kappa shape index (κ2) is 13.2. The zero-order valence-electron chi connectivity index (χ0n) is 29.8. The second-order valence-electron chi connectivity index (χ2n) is 15.9. The van der Waals surface area contributed by atoms with Gasteiger partial charge in [0.25, 0.3) is 5.56 Å². The van der Waals surface area contributed by atoms with Crippen LogP contribution in [0.3, 0.4) is 0 Å². The van der Waals surface area contributed by atoms with E-state index in [9.17, 15) is 14.4 Å². The molecule has 0 bridgehead atoms. The van der Waals surface area contributed by atoms with Crippen molar-refractivity contribution in [2.75, 3.05) is 13.2 Å². The number of aryl methyl sites for hydroxylation is 1. The van der Waals surface area contributed by atoms with E-state index in [0.717, 1.165) is 13.9 Å². The van der Waals surface area contributed by atoms with Gasteiger partial charge in [-0.25, -0.2) is 14.2 Å². The molecular weight excluding hydrogens is 716 g/mol. The predicted octanol–water partition coefficient (Wildman–Crippen LogP) is 6.69. The fraction of sp³-hybridized carbons (Fsp3) is 0.629. The van der Waals surface area contributed by atoms with Crippen LogP contribution in [0.2, 0.25) is 18.1 Å². The highest BCUT2D eigenvalue weighted by Gasteiger charge is 2.52. The van der Waals surface area contributed by atoms with Gasteiger partial charge in [-0.3, -0.25) is 9.36 Å². The Morgan fingerprint density at radius 2 is 1.58 bits per heavy atom. The van der Waals surface area contributed by atoms with Gasteiger partial charge in [0, 0.05) is 0 Å². The first-order chi connectivity index (χ1) is 22.1. The molecule has 13 heteroatoms. The number of thiophene rings is 1. The Morgan fingerprint density at radius 1 is 1.00 bits per heavy atom. The number of carbonyl (C=O) groups is 1. The zero-order valence-corrected chi connectivity index (χ0v) is 33.2. The van der Waals surface area contributed by atoms with E-state index in [1.165, 1.54) is 25.2 Å². The molecule has 3 unspecified atom stereocenters. The molecule has 3 aromatic rings. The molecule has 0 saturated carbocycles. The Balaban J connectivity index is 1.54. The summed E-state index contributed by atoms with van der Waals surface area (Å²) in [6.07, 6.45) is -1.81. The van der Waals surface area contributed by atoms with E-state index in [2.05, 4.69) is 49.8 Å². The Hall–Kier alpha value is -2.13. The Morgan fingerprint density at radius 3 is 2.17 bits per heavy atom. The largest absolute Gasteiger partial charge is 0.458 e. The first kappa shape index (κ1) is 37.1. The molecule has 4 heterocycles. The molecule has 0 aliphatic carbocycles. The van der Waals surface area contributed by atoms with Crippen LogP contribution in [0.15, 0.2) is 43.7 Å². The second-order valence-corrected chi connectivity index (χ2v) is 22.9. The van der Waals surface area contributed by atoms with Gasteiger partial charge in [0.2, 0.25) is 0 Å². The van der Waals surface area contributed by atoms with Gasteiger partial charge < -0.3 is 23.4 Å². The van der Waals surface area contributed by atoms with Crippen molar-refractivity contribution in [1.29, 1.82) is 0 Å². The number of benzene rings is 1. The lowest BCUT2D eigenvalue weighted by molar-refractivity contribution is -0.164. The highest BCUT2D eigenvalue weighted by atomic mass is 79.9. The predicted molar refractivity (Wildman–Crippen MR) is 194 cm³/mol. The van der Waals surface area contributed by atoms with Crippen molar-refractivity contribution < 1.29 is 28.2 Å². The lowest BCUT2D eigenvalue weighted by atomic mass is 10.0. The fourth-order valence-corrected chi connectivity index (χ4v) is 8.94. The molecule has 2 saturated heterocycles. The van der Waals surface area contributed by atoms with Gasteiger partial charge in [-0.15, -0.1) is 11.3 Å². The van der Waals surface area contributed by atoms with Gasteiger partial charge in [-0.2, -0.15) is 0 Å². The maximum Gasteiger partial charge on any atom is 0.333 e. The maximum absolute atomic E-state index is 14.5. The van der Waals surface area contributed by atoms with E-state index in [4.69, 9.17) is 23.4 Å². The summed E-state index contributed by atoms with van der Waals surface area (Å²) in [6.45, 7) is 22.0. The van der Waals surface area contributed by atoms with E-state index in [1.54, 1.807) is 25.3 Å². The summed E-state index contributed by atoms with van der Waals surface area (Å²) in [5.74, 6) is -0.676. The number of esters is 1. The summed E-state index contributed by atoms with van der Waals surface area (Å²) < 4.78 is 35.1. The minimum absolute atomic E-state index is 0.0419. The van der Waals surface area contributed by atoms with Crippen LogP contribution in [0.5, 0.6) is 0 Å². The number of fused-ring (bicyclic) bond motifs is 2. The number of hydrogen-bond acceptors (Lipinski definition) is 9. The molecule has 0 amide bonds. The van der Waals surface area contributed by atoms with Crippen molar-refractivity contribution in [3.05, 3.63) is 66.1 Å². The van der Waals surface area contributed by atoms with Crippen molar-refractivity contribution in [2.24, 2.45) is 0 Å². The molecule has 2 aromatic heterocycles. The first-order valence-corrected chi connectivity index (χ1v) is 21.0. The maximum atomic E-state index is 14.5. The van der Waals surface area contributed by atoms with E-state index in [1.807, 2.05) is 37.3 Å². The molecule has 48 heavy (non-hydrogen) atoms.